The van der Waals surface area contributed by atoms with E-state index < -0.39 is 0 Å². The van der Waals surface area contributed by atoms with Gasteiger partial charge in [-0.15, -0.1) is 0 Å². The van der Waals surface area contributed by atoms with Crippen LogP contribution in [0.1, 0.15) is 51.5 Å². The standard InChI is InChI=1S/C17H27NO/c1-3-4-5-6-15-8-10-16(11-9-15)18-13-17-12-7-14(2)19-17/h8-11,14,17-18H,3-7,12-13H2,1-2H3. The molecular formula is C17H27NO. The van der Waals surface area contributed by atoms with Crippen LogP contribution in [0, 0.1) is 0 Å². The lowest BCUT2D eigenvalue weighted by Gasteiger charge is -2.13. The summed E-state index contributed by atoms with van der Waals surface area (Å²) < 4.78 is 5.81. The van der Waals surface area contributed by atoms with Crippen molar-refractivity contribution in [2.24, 2.45) is 0 Å². The zero-order valence-electron chi connectivity index (χ0n) is 12.3. The molecule has 0 radical (unpaired) electrons. The third-order valence-corrected chi connectivity index (χ3v) is 3.88. The lowest BCUT2D eigenvalue weighted by atomic mass is 10.1. The topological polar surface area (TPSA) is 21.3 Å². The third-order valence-electron chi connectivity index (χ3n) is 3.88. The average molecular weight is 261 g/mol. The maximum atomic E-state index is 5.81. The van der Waals surface area contributed by atoms with E-state index in [2.05, 4.69) is 43.4 Å². The van der Waals surface area contributed by atoms with Gasteiger partial charge in [0.15, 0.2) is 0 Å². The fourth-order valence-corrected chi connectivity index (χ4v) is 2.64. The molecule has 2 rings (SSSR count). The fourth-order valence-electron chi connectivity index (χ4n) is 2.64. The van der Waals surface area contributed by atoms with E-state index in [9.17, 15) is 0 Å². The molecule has 1 aromatic rings. The minimum atomic E-state index is 0.388. The van der Waals surface area contributed by atoms with Crippen molar-refractivity contribution in [3.63, 3.8) is 0 Å². The van der Waals surface area contributed by atoms with E-state index in [1.165, 1.54) is 49.8 Å². The molecule has 0 amide bonds. The number of nitrogens with one attached hydrogen (secondary N) is 1. The summed E-state index contributed by atoms with van der Waals surface area (Å²) in [7, 11) is 0. The SMILES string of the molecule is CCCCCc1ccc(NCC2CCC(C)O2)cc1. The van der Waals surface area contributed by atoms with Gasteiger partial charge in [-0.2, -0.15) is 0 Å². The first-order valence-corrected chi connectivity index (χ1v) is 7.76. The van der Waals surface area contributed by atoms with Crippen LogP contribution in [0.25, 0.3) is 0 Å². The number of unbranched alkanes of at least 4 members (excludes halogenated alkanes) is 2. The van der Waals surface area contributed by atoms with Crippen molar-refractivity contribution in [2.75, 3.05) is 11.9 Å². The summed E-state index contributed by atoms with van der Waals surface area (Å²) in [5.41, 5.74) is 2.66. The zero-order valence-corrected chi connectivity index (χ0v) is 12.3. The Kier molecular flexibility index (Phi) is 5.71. The number of anilines is 1. The molecule has 2 heteroatoms. The van der Waals surface area contributed by atoms with Gasteiger partial charge in [-0.1, -0.05) is 31.9 Å². The van der Waals surface area contributed by atoms with Gasteiger partial charge in [-0.25, -0.2) is 0 Å². The van der Waals surface area contributed by atoms with Crippen LogP contribution in [-0.4, -0.2) is 18.8 Å². The van der Waals surface area contributed by atoms with Gasteiger partial charge >= 0.3 is 0 Å². The minimum absolute atomic E-state index is 0.388. The molecule has 0 bridgehead atoms. The Labute approximate surface area is 117 Å². The summed E-state index contributed by atoms with van der Waals surface area (Å²) in [6.45, 7) is 5.34. The second-order valence-electron chi connectivity index (χ2n) is 5.68. The Morgan fingerprint density at radius 3 is 2.58 bits per heavy atom. The number of aryl methyl sites for hydroxylation is 1. The normalized spacial score (nSPS) is 22.6. The lowest BCUT2D eigenvalue weighted by Crippen LogP contribution is -2.19. The van der Waals surface area contributed by atoms with Crippen molar-refractivity contribution in [3.8, 4) is 0 Å². The number of hydrogen-bond donors (Lipinski definition) is 1. The van der Waals surface area contributed by atoms with Gasteiger partial charge in [-0.05, 0) is 50.3 Å². The summed E-state index contributed by atoms with van der Waals surface area (Å²) in [5, 5.41) is 3.48. The predicted octanol–water partition coefficient (Wildman–Crippen LogP) is 4.40. The first kappa shape index (κ1) is 14.4. The molecule has 1 saturated heterocycles. The molecule has 1 aliphatic rings. The second-order valence-corrected chi connectivity index (χ2v) is 5.68. The summed E-state index contributed by atoms with van der Waals surface area (Å²) in [4.78, 5) is 0. The Morgan fingerprint density at radius 2 is 1.95 bits per heavy atom. The van der Waals surface area contributed by atoms with E-state index in [0.29, 0.717) is 12.2 Å². The Hall–Kier alpha value is -1.02. The van der Waals surface area contributed by atoms with Crippen molar-refractivity contribution in [3.05, 3.63) is 29.8 Å². The van der Waals surface area contributed by atoms with Gasteiger partial charge in [0.1, 0.15) is 0 Å². The van der Waals surface area contributed by atoms with Crippen LogP contribution in [0.5, 0.6) is 0 Å². The first-order valence-electron chi connectivity index (χ1n) is 7.76. The van der Waals surface area contributed by atoms with Crippen molar-refractivity contribution >= 4 is 5.69 Å². The van der Waals surface area contributed by atoms with Gasteiger partial charge < -0.3 is 10.1 Å². The van der Waals surface area contributed by atoms with E-state index in [1.807, 2.05) is 0 Å². The average Bonchev–Trinajstić information content (AvgIpc) is 2.84. The zero-order chi connectivity index (χ0) is 13.5. The summed E-state index contributed by atoms with van der Waals surface area (Å²) in [5.74, 6) is 0. The summed E-state index contributed by atoms with van der Waals surface area (Å²) in [6, 6.07) is 8.88. The number of ether oxygens (including phenoxy) is 1. The number of benzene rings is 1. The quantitative estimate of drug-likeness (QED) is 0.735. The smallest absolute Gasteiger partial charge is 0.0751 e. The molecule has 19 heavy (non-hydrogen) atoms. The van der Waals surface area contributed by atoms with Crippen molar-refractivity contribution in [1.82, 2.24) is 0 Å². The lowest BCUT2D eigenvalue weighted by molar-refractivity contribution is 0.0637. The number of rotatable bonds is 7. The molecular weight excluding hydrogens is 234 g/mol. The van der Waals surface area contributed by atoms with E-state index in [0.717, 1.165) is 6.54 Å². The van der Waals surface area contributed by atoms with Gasteiger partial charge in [0.2, 0.25) is 0 Å². The molecule has 1 aliphatic heterocycles. The highest BCUT2D eigenvalue weighted by Crippen LogP contribution is 2.20. The molecule has 0 aliphatic carbocycles. The maximum absolute atomic E-state index is 5.81. The number of hydrogen-bond acceptors (Lipinski definition) is 2. The molecule has 0 saturated carbocycles. The first-order chi connectivity index (χ1) is 9.28. The van der Waals surface area contributed by atoms with Crippen LogP contribution >= 0.6 is 0 Å². The highest BCUT2D eigenvalue weighted by atomic mass is 16.5. The molecule has 2 unspecified atom stereocenters. The molecule has 1 aromatic carbocycles. The molecule has 1 fully saturated rings. The minimum Gasteiger partial charge on any atom is -0.382 e. The predicted molar refractivity (Wildman–Crippen MR) is 81.7 cm³/mol. The monoisotopic (exact) mass is 261 g/mol. The fraction of sp³-hybridized carbons (Fsp3) is 0.647. The molecule has 0 aromatic heterocycles. The van der Waals surface area contributed by atoms with Crippen LogP contribution in [0.4, 0.5) is 5.69 Å². The molecule has 2 atom stereocenters. The van der Waals surface area contributed by atoms with Gasteiger partial charge in [0.25, 0.3) is 0 Å². The third kappa shape index (κ3) is 4.87. The molecule has 1 heterocycles. The van der Waals surface area contributed by atoms with Gasteiger partial charge in [0.05, 0.1) is 12.2 Å². The van der Waals surface area contributed by atoms with Gasteiger partial charge in [0, 0.05) is 12.2 Å². The van der Waals surface area contributed by atoms with Crippen molar-refractivity contribution in [1.29, 1.82) is 0 Å². The summed E-state index contributed by atoms with van der Waals surface area (Å²) >= 11 is 0. The molecule has 2 nitrogen and oxygen atoms in total. The van der Waals surface area contributed by atoms with Crippen molar-refractivity contribution in [2.45, 2.75) is 64.6 Å². The van der Waals surface area contributed by atoms with Gasteiger partial charge in [-0.3, -0.25) is 0 Å². The summed E-state index contributed by atoms with van der Waals surface area (Å²) in [6.07, 6.45) is 8.34. The van der Waals surface area contributed by atoms with Crippen LogP contribution < -0.4 is 5.32 Å². The van der Waals surface area contributed by atoms with Crippen LogP contribution in [0.3, 0.4) is 0 Å². The molecule has 106 valence electrons. The largest absolute Gasteiger partial charge is 0.382 e. The Morgan fingerprint density at radius 1 is 1.16 bits per heavy atom. The van der Waals surface area contributed by atoms with E-state index in [4.69, 9.17) is 4.74 Å². The Balaban J connectivity index is 1.72. The van der Waals surface area contributed by atoms with E-state index in [-0.39, 0.29) is 0 Å². The highest BCUT2D eigenvalue weighted by Gasteiger charge is 2.21. The Bertz CT molecular complexity index is 360. The maximum Gasteiger partial charge on any atom is 0.0751 e. The van der Waals surface area contributed by atoms with E-state index in [1.54, 1.807) is 0 Å². The highest BCUT2D eigenvalue weighted by molar-refractivity contribution is 5.44. The van der Waals surface area contributed by atoms with Crippen molar-refractivity contribution < 1.29 is 4.74 Å². The van der Waals surface area contributed by atoms with Crippen LogP contribution in [0.2, 0.25) is 0 Å². The second kappa shape index (κ2) is 7.54. The molecule has 1 N–H and O–H groups in total. The van der Waals surface area contributed by atoms with Crippen LogP contribution in [-0.2, 0) is 11.2 Å². The van der Waals surface area contributed by atoms with E-state index >= 15 is 0 Å². The van der Waals surface area contributed by atoms with Crippen LogP contribution in [0.15, 0.2) is 24.3 Å². The molecule has 0 spiro atoms.